The van der Waals surface area contributed by atoms with Crippen LogP contribution in [-0.4, -0.2) is 47.9 Å². The van der Waals surface area contributed by atoms with E-state index < -0.39 is 32.7 Å². The zero-order valence-corrected chi connectivity index (χ0v) is 23.6. The molecule has 1 saturated carbocycles. The molecule has 40 heavy (non-hydrogen) atoms. The van der Waals surface area contributed by atoms with E-state index in [-0.39, 0.29) is 23.3 Å². The van der Waals surface area contributed by atoms with Gasteiger partial charge in [0.15, 0.2) is 11.6 Å². The van der Waals surface area contributed by atoms with E-state index in [4.69, 9.17) is 14.2 Å². The molecule has 212 valence electrons. The minimum absolute atomic E-state index is 0.0250. The van der Waals surface area contributed by atoms with E-state index in [0.717, 1.165) is 40.4 Å². The molecule has 14 heteroatoms. The van der Waals surface area contributed by atoms with Crippen molar-refractivity contribution in [2.45, 2.75) is 42.7 Å². The number of hydrogen-bond acceptors (Lipinski definition) is 9. The van der Waals surface area contributed by atoms with Crippen molar-refractivity contribution in [3.05, 3.63) is 71.8 Å². The SMILES string of the molecule is COc1ccc(CN(c2ncns2)S(=O)(=O)c2cc(F)c(O[C@H]3CCC[C@@H]3c3ccnn3C)cc2F)c(OC)c1. The summed E-state index contributed by atoms with van der Waals surface area (Å²) < 4.78 is 81.4. The predicted molar refractivity (Wildman–Crippen MR) is 143 cm³/mol. The van der Waals surface area contributed by atoms with E-state index in [1.165, 1.54) is 20.5 Å². The Hall–Kier alpha value is -3.78. The van der Waals surface area contributed by atoms with Crippen LogP contribution in [0.2, 0.25) is 0 Å². The molecular formula is C26H27F2N5O5S2. The molecule has 0 saturated heterocycles. The number of aromatic nitrogens is 4. The lowest BCUT2D eigenvalue weighted by Crippen LogP contribution is -2.31. The Morgan fingerprint density at radius 2 is 1.90 bits per heavy atom. The molecule has 0 amide bonds. The van der Waals surface area contributed by atoms with Crippen LogP contribution in [0.25, 0.3) is 0 Å². The van der Waals surface area contributed by atoms with Crippen LogP contribution in [-0.2, 0) is 23.6 Å². The zero-order chi connectivity index (χ0) is 28.4. The number of nitrogens with zero attached hydrogens (tertiary/aromatic N) is 5. The molecule has 5 rings (SSSR count). The van der Waals surface area contributed by atoms with Crippen molar-refractivity contribution in [2.24, 2.45) is 7.05 Å². The number of aryl methyl sites for hydroxylation is 1. The minimum atomic E-state index is -4.64. The van der Waals surface area contributed by atoms with Gasteiger partial charge in [0.05, 0.1) is 20.8 Å². The minimum Gasteiger partial charge on any atom is -0.497 e. The van der Waals surface area contributed by atoms with Crippen LogP contribution in [0, 0.1) is 11.6 Å². The number of benzene rings is 2. The van der Waals surface area contributed by atoms with Crippen LogP contribution in [0.1, 0.15) is 36.4 Å². The Morgan fingerprint density at radius 3 is 2.58 bits per heavy atom. The molecule has 0 aliphatic heterocycles. The van der Waals surface area contributed by atoms with Gasteiger partial charge in [0, 0.05) is 60.2 Å². The average Bonchev–Trinajstić information content (AvgIpc) is 3.71. The van der Waals surface area contributed by atoms with Gasteiger partial charge in [-0.15, -0.1) is 0 Å². The molecule has 2 heterocycles. The normalized spacial score (nSPS) is 17.1. The first-order valence-corrected chi connectivity index (χ1v) is 14.6. The zero-order valence-electron chi connectivity index (χ0n) is 22.0. The first kappa shape index (κ1) is 27.8. The lowest BCUT2D eigenvalue weighted by atomic mass is 10.0. The number of anilines is 1. The largest absolute Gasteiger partial charge is 0.497 e. The predicted octanol–water partition coefficient (Wildman–Crippen LogP) is 4.68. The number of hydrogen-bond donors (Lipinski definition) is 0. The molecule has 4 aromatic rings. The molecule has 1 aliphatic rings. The number of methoxy groups -OCH3 is 2. The summed E-state index contributed by atoms with van der Waals surface area (Å²) in [6.07, 6.45) is 4.76. The van der Waals surface area contributed by atoms with Gasteiger partial charge < -0.3 is 14.2 Å². The number of ether oxygens (including phenoxy) is 3. The quantitative estimate of drug-likeness (QED) is 0.262. The Bertz CT molecular complexity index is 1600. The van der Waals surface area contributed by atoms with E-state index in [2.05, 4.69) is 14.5 Å². The molecule has 0 radical (unpaired) electrons. The number of halogens is 2. The molecule has 0 N–H and O–H groups in total. The highest BCUT2D eigenvalue weighted by Gasteiger charge is 2.35. The maximum Gasteiger partial charge on any atom is 0.269 e. The number of sulfonamides is 1. The molecule has 1 fully saturated rings. The Kier molecular flexibility index (Phi) is 7.90. The topological polar surface area (TPSA) is 109 Å². The van der Waals surface area contributed by atoms with Gasteiger partial charge in [0.25, 0.3) is 10.0 Å². The molecule has 2 aromatic heterocycles. The monoisotopic (exact) mass is 591 g/mol. The Balaban J connectivity index is 1.47. The molecule has 2 aromatic carbocycles. The van der Waals surface area contributed by atoms with Crippen LogP contribution in [0.4, 0.5) is 13.9 Å². The van der Waals surface area contributed by atoms with Crippen LogP contribution >= 0.6 is 11.5 Å². The van der Waals surface area contributed by atoms with Crippen LogP contribution in [0.5, 0.6) is 17.2 Å². The molecule has 0 unspecified atom stereocenters. The molecule has 10 nitrogen and oxygen atoms in total. The highest BCUT2D eigenvalue weighted by molar-refractivity contribution is 7.93. The lowest BCUT2D eigenvalue weighted by molar-refractivity contribution is 0.178. The van der Waals surface area contributed by atoms with E-state index in [1.807, 2.05) is 13.1 Å². The second kappa shape index (κ2) is 11.4. The summed E-state index contributed by atoms with van der Waals surface area (Å²) in [4.78, 5) is 3.16. The molecule has 0 spiro atoms. The van der Waals surface area contributed by atoms with Crippen LogP contribution in [0.3, 0.4) is 0 Å². The summed E-state index contributed by atoms with van der Waals surface area (Å²) in [5.74, 6) is -1.69. The first-order valence-electron chi connectivity index (χ1n) is 12.4. The summed E-state index contributed by atoms with van der Waals surface area (Å²) in [7, 11) is 0.0943. The van der Waals surface area contributed by atoms with Gasteiger partial charge in [-0.3, -0.25) is 4.68 Å². The summed E-state index contributed by atoms with van der Waals surface area (Å²) in [6.45, 7) is -0.279. The van der Waals surface area contributed by atoms with Gasteiger partial charge in [-0.1, -0.05) is 0 Å². The highest BCUT2D eigenvalue weighted by atomic mass is 32.2. The van der Waals surface area contributed by atoms with E-state index >= 15 is 8.78 Å². The third-order valence-electron chi connectivity index (χ3n) is 6.90. The average molecular weight is 592 g/mol. The molecule has 2 atom stereocenters. The molecular weight excluding hydrogens is 564 g/mol. The van der Waals surface area contributed by atoms with Gasteiger partial charge in [-0.05, 0) is 37.5 Å². The molecule has 1 aliphatic carbocycles. The van der Waals surface area contributed by atoms with Gasteiger partial charge >= 0.3 is 0 Å². The van der Waals surface area contributed by atoms with Crippen molar-refractivity contribution in [2.75, 3.05) is 18.5 Å². The van der Waals surface area contributed by atoms with Gasteiger partial charge in [-0.25, -0.2) is 26.5 Å². The fourth-order valence-electron chi connectivity index (χ4n) is 4.90. The Morgan fingerprint density at radius 1 is 1.07 bits per heavy atom. The third kappa shape index (κ3) is 5.32. The van der Waals surface area contributed by atoms with Crippen molar-refractivity contribution in [3.63, 3.8) is 0 Å². The first-order chi connectivity index (χ1) is 19.2. The summed E-state index contributed by atoms with van der Waals surface area (Å²) in [5.41, 5.74) is 1.38. The van der Waals surface area contributed by atoms with Crippen molar-refractivity contribution in [1.29, 1.82) is 0 Å². The van der Waals surface area contributed by atoms with Crippen molar-refractivity contribution in [3.8, 4) is 17.2 Å². The summed E-state index contributed by atoms with van der Waals surface area (Å²) >= 11 is 0.800. The second-order valence-corrected chi connectivity index (χ2v) is 11.8. The summed E-state index contributed by atoms with van der Waals surface area (Å²) in [6, 6.07) is 8.15. The van der Waals surface area contributed by atoms with E-state index in [1.54, 1.807) is 29.1 Å². The second-order valence-electron chi connectivity index (χ2n) is 9.20. The fourth-order valence-corrected chi connectivity index (χ4v) is 7.09. The van der Waals surface area contributed by atoms with Crippen molar-refractivity contribution in [1.82, 2.24) is 19.1 Å². The van der Waals surface area contributed by atoms with Gasteiger partial charge in [0.2, 0.25) is 5.13 Å². The lowest BCUT2D eigenvalue weighted by Gasteiger charge is -2.24. The fraction of sp³-hybridized carbons (Fsp3) is 0.346. The highest BCUT2D eigenvalue weighted by Crippen LogP contribution is 2.39. The third-order valence-corrected chi connectivity index (χ3v) is 9.45. The Labute approximate surface area is 234 Å². The number of rotatable bonds is 10. The maximum atomic E-state index is 15.5. The van der Waals surface area contributed by atoms with Crippen LogP contribution in [0.15, 0.2) is 53.8 Å². The standard InChI is InChI=1S/C26H27F2N5O5S2/c1-32-21(9-10-30-32)18-5-4-6-22(18)38-24-12-20(28)25(13-19(24)27)40(34,35)33(26-29-15-31-39-26)14-16-7-8-17(36-2)11-23(16)37-3/h7-13,15,18,22H,4-6,14H2,1-3H3/t18-,22+/m1/s1. The van der Waals surface area contributed by atoms with E-state index in [9.17, 15) is 8.42 Å². The van der Waals surface area contributed by atoms with Crippen LogP contribution < -0.4 is 18.5 Å². The van der Waals surface area contributed by atoms with Crippen molar-refractivity contribution < 1.29 is 31.4 Å². The summed E-state index contributed by atoms with van der Waals surface area (Å²) in [5, 5.41) is 4.17. The van der Waals surface area contributed by atoms with E-state index in [0.29, 0.717) is 29.5 Å². The molecule has 0 bridgehead atoms. The van der Waals surface area contributed by atoms with Crippen molar-refractivity contribution >= 4 is 26.7 Å². The maximum absolute atomic E-state index is 15.5. The smallest absolute Gasteiger partial charge is 0.269 e. The van der Waals surface area contributed by atoms with Gasteiger partial charge in [0.1, 0.15) is 34.6 Å². The van der Waals surface area contributed by atoms with Gasteiger partial charge in [-0.2, -0.15) is 9.47 Å².